The van der Waals surface area contributed by atoms with Crippen molar-refractivity contribution in [3.63, 3.8) is 0 Å². The minimum atomic E-state index is -0.381. The van der Waals surface area contributed by atoms with Gasteiger partial charge in [0.15, 0.2) is 11.2 Å². The fourth-order valence-electron chi connectivity index (χ4n) is 3.34. The number of aryl methyl sites for hydroxylation is 1. The molecule has 0 amide bonds. The van der Waals surface area contributed by atoms with E-state index >= 15 is 0 Å². The van der Waals surface area contributed by atoms with Crippen LogP contribution in [0.3, 0.4) is 0 Å². The van der Waals surface area contributed by atoms with E-state index in [4.69, 9.17) is 5.73 Å². The molecule has 136 valence electrons. The molecule has 1 aliphatic carbocycles. The first-order chi connectivity index (χ1) is 11.8. The van der Waals surface area contributed by atoms with Crippen LogP contribution in [0.25, 0.3) is 11.2 Å². The molecule has 3 N–H and O–H groups in total. The molecular formula is C17H26N6O2. The number of hydrogen-bond acceptors (Lipinski definition) is 5. The van der Waals surface area contributed by atoms with Gasteiger partial charge in [0.1, 0.15) is 0 Å². The number of allylic oxidation sites excluding steroid dienone is 2. The van der Waals surface area contributed by atoms with E-state index in [1.54, 1.807) is 7.05 Å². The van der Waals surface area contributed by atoms with Gasteiger partial charge in [-0.05, 0) is 33.1 Å². The molecular weight excluding hydrogens is 320 g/mol. The van der Waals surface area contributed by atoms with E-state index in [0.29, 0.717) is 23.7 Å². The lowest BCUT2D eigenvalue weighted by Gasteiger charge is -2.18. The van der Waals surface area contributed by atoms with Crippen LogP contribution >= 0.6 is 0 Å². The monoisotopic (exact) mass is 346 g/mol. The Kier molecular flexibility index (Phi) is 4.55. The summed E-state index contributed by atoms with van der Waals surface area (Å²) in [6.07, 6.45) is 5.06. The Morgan fingerprint density at radius 3 is 2.60 bits per heavy atom. The van der Waals surface area contributed by atoms with Crippen LogP contribution in [0.15, 0.2) is 21.2 Å². The van der Waals surface area contributed by atoms with Gasteiger partial charge in [0.2, 0.25) is 5.95 Å². The van der Waals surface area contributed by atoms with Gasteiger partial charge in [-0.3, -0.25) is 13.9 Å². The Morgan fingerprint density at radius 2 is 2.00 bits per heavy atom. The van der Waals surface area contributed by atoms with Crippen molar-refractivity contribution in [3.05, 3.63) is 32.5 Å². The van der Waals surface area contributed by atoms with E-state index in [-0.39, 0.29) is 23.3 Å². The molecule has 0 bridgehead atoms. The molecule has 8 nitrogen and oxygen atoms in total. The highest BCUT2D eigenvalue weighted by atomic mass is 16.2. The first-order valence-corrected chi connectivity index (χ1v) is 8.63. The maximum Gasteiger partial charge on any atom is 0.332 e. The first kappa shape index (κ1) is 17.5. The van der Waals surface area contributed by atoms with Gasteiger partial charge in [-0.1, -0.05) is 11.6 Å². The summed E-state index contributed by atoms with van der Waals surface area (Å²) in [5.74, 6) is 0.591. The van der Waals surface area contributed by atoms with Gasteiger partial charge in [-0.25, -0.2) is 4.79 Å². The molecule has 2 heterocycles. The van der Waals surface area contributed by atoms with Gasteiger partial charge in [0.25, 0.3) is 5.56 Å². The maximum absolute atomic E-state index is 12.7. The Hall–Kier alpha value is -2.35. The van der Waals surface area contributed by atoms with Gasteiger partial charge < -0.3 is 15.6 Å². The quantitative estimate of drug-likeness (QED) is 0.794. The molecule has 1 fully saturated rings. The van der Waals surface area contributed by atoms with Gasteiger partial charge in [0.05, 0.1) is 0 Å². The third-order valence-corrected chi connectivity index (χ3v) is 4.91. The molecule has 0 saturated heterocycles. The average molecular weight is 346 g/mol. The van der Waals surface area contributed by atoms with Crippen molar-refractivity contribution in [2.45, 2.75) is 51.7 Å². The molecule has 3 rings (SSSR count). The lowest BCUT2D eigenvalue weighted by Crippen LogP contribution is -2.37. The third-order valence-electron chi connectivity index (χ3n) is 4.91. The highest BCUT2D eigenvalue weighted by molar-refractivity contribution is 5.74. The third kappa shape index (κ3) is 3.02. The van der Waals surface area contributed by atoms with E-state index in [2.05, 4.69) is 10.3 Å². The molecule has 2 aromatic rings. The normalized spacial score (nSPS) is 20.2. The number of fused-ring (bicyclic) bond motifs is 1. The number of nitrogens with one attached hydrogen (secondary N) is 1. The Morgan fingerprint density at radius 1 is 1.28 bits per heavy atom. The molecule has 1 aliphatic rings. The zero-order chi connectivity index (χ0) is 18.3. The Balaban J connectivity index is 2.21. The van der Waals surface area contributed by atoms with Crippen LogP contribution in [0.2, 0.25) is 0 Å². The fraction of sp³-hybridized carbons (Fsp3) is 0.588. The summed E-state index contributed by atoms with van der Waals surface area (Å²) in [5.41, 5.74) is 7.42. The van der Waals surface area contributed by atoms with Gasteiger partial charge in [0, 0.05) is 32.7 Å². The number of anilines is 1. The molecule has 2 aromatic heterocycles. The van der Waals surface area contributed by atoms with Crippen molar-refractivity contribution in [2.24, 2.45) is 19.8 Å². The second-order valence-electron chi connectivity index (χ2n) is 7.05. The van der Waals surface area contributed by atoms with Crippen molar-refractivity contribution in [3.8, 4) is 0 Å². The number of hydrogen-bond donors (Lipinski definition) is 2. The van der Waals surface area contributed by atoms with E-state index < -0.39 is 0 Å². The van der Waals surface area contributed by atoms with Crippen molar-refractivity contribution in [2.75, 3.05) is 5.32 Å². The fourth-order valence-corrected chi connectivity index (χ4v) is 3.34. The molecule has 0 radical (unpaired) electrons. The lowest BCUT2D eigenvalue weighted by molar-refractivity contribution is 0.627. The summed E-state index contributed by atoms with van der Waals surface area (Å²) in [6, 6.07) is 0.200. The van der Waals surface area contributed by atoms with Crippen LogP contribution in [-0.2, 0) is 20.6 Å². The Bertz CT molecular complexity index is 945. The van der Waals surface area contributed by atoms with Gasteiger partial charge >= 0.3 is 5.69 Å². The highest BCUT2D eigenvalue weighted by Crippen LogP contribution is 2.23. The van der Waals surface area contributed by atoms with Crippen LogP contribution in [0.1, 0.15) is 33.1 Å². The molecule has 0 aromatic carbocycles. The minimum Gasteiger partial charge on any atom is -0.351 e. The zero-order valence-electron chi connectivity index (χ0n) is 15.2. The molecule has 0 aliphatic heterocycles. The molecule has 2 atom stereocenters. The zero-order valence-corrected chi connectivity index (χ0v) is 15.2. The van der Waals surface area contributed by atoms with E-state index in [0.717, 1.165) is 29.4 Å². The van der Waals surface area contributed by atoms with Crippen molar-refractivity contribution < 1.29 is 0 Å². The highest BCUT2D eigenvalue weighted by Gasteiger charge is 2.26. The molecule has 1 saturated carbocycles. The number of nitrogens with zero attached hydrogens (tertiary/aromatic N) is 4. The smallest absolute Gasteiger partial charge is 0.332 e. The van der Waals surface area contributed by atoms with Crippen LogP contribution in [0.4, 0.5) is 5.95 Å². The summed E-state index contributed by atoms with van der Waals surface area (Å²) in [6.45, 7) is 4.52. The summed E-state index contributed by atoms with van der Waals surface area (Å²) < 4.78 is 4.37. The van der Waals surface area contributed by atoms with Gasteiger partial charge in [-0.15, -0.1) is 0 Å². The second kappa shape index (κ2) is 6.51. The summed E-state index contributed by atoms with van der Waals surface area (Å²) in [5, 5.41) is 3.40. The largest absolute Gasteiger partial charge is 0.351 e. The number of aromatic nitrogens is 4. The predicted molar refractivity (Wildman–Crippen MR) is 98.9 cm³/mol. The Labute approximate surface area is 146 Å². The van der Waals surface area contributed by atoms with Crippen molar-refractivity contribution in [1.29, 1.82) is 0 Å². The average Bonchev–Trinajstić information content (AvgIpc) is 3.13. The van der Waals surface area contributed by atoms with Gasteiger partial charge in [-0.2, -0.15) is 4.98 Å². The molecule has 25 heavy (non-hydrogen) atoms. The minimum absolute atomic E-state index is 0.0726. The van der Waals surface area contributed by atoms with Crippen LogP contribution in [0, 0.1) is 0 Å². The summed E-state index contributed by atoms with van der Waals surface area (Å²) in [4.78, 5) is 29.5. The molecule has 0 spiro atoms. The van der Waals surface area contributed by atoms with Crippen LogP contribution in [0.5, 0.6) is 0 Å². The van der Waals surface area contributed by atoms with E-state index in [1.165, 1.54) is 11.6 Å². The topological polar surface area (TPSA) is 99.9 Å². The first-order valence-electron chi connectivity index (χ1n) is 8.63. The number of imidazole rings is 1. The standard InChI is InChI=1S/C17H26N6O2/c1-10(2)8-9-23-13-14(21(3)17(25)22(4)15(13)24)20-16(23)19-12-7-5-6-11(12)18/h8,11-12H,5-7,9,18H2,1-4H3,(H,19,20). The molecule has 8 heteroatoms. The van der Waals surface area contributed by atoms with Crippen LogP contribution in [-0.4, -0.2) is 30.8 Å². The SMILES string of the molecule is CC(C)=CCn1c(NC2CCCC2N)nc2c1c(=O)n(C)c(=O)n2C. The predicted octanol–water partition coefficient (Wildman–Crippen LogP) is 0.692. The summed E-state index contributed by atoms with van der Waals surface area (Å²) >= 11 is 0. The lowest BCUT2D eigenvalue weighted by atomic mass is 10.2. The number of rotatable bonds is 4. The van der Waals surface area contributed by atoms with E-state index in [1.807, 2.05) is 24.5 Å². The van der Waals surface area contributed by atoms with E-state index in [9.17, 15) is 9.59 Å². The number of nitrogens with two attached hydrogens (primary N) is 1. The van der Waals surface area contributed by atoms with Crippen molar-refractivity contribution >= 4 is 17.1 Å². The summed E-state index contributed by atoms with van der Waals surface area (Å²) in [7, 11) is 3.12. The maximum atomic E-state index is 12.7. The van der Waals surface area contributed by atoms with Crippen molar-refractivity contribution in [1.82, 2.24) is 18.7 Å². The van der Waals surface area contributed by atoms with Crippen LogP contribution < -0.4 is 22.3 Å². The second-order valence-corrected chi connectivity index (χ2v) is 7.05. The molecule has 2 unspecified atom stereocenters.